The minimum atomic E-state index is 0. The minimum Gasteiger partial charge on any atom is -0.399 e. The Kier molecular flexibility index (Phi) is 9.26. The van der Waals surface area contributed by atoms with Gasteiger partial charge in [0, 0.05) is 42.3 Å². The molecule has 0 saturated carbocycles. The summed E-state index contributed by atoms with van der Waals surface area (Å²) in [6.45, 7) is 3.88. The zero-order valence-corrected chi connectivity index (χ0v) is 17.5. The van der Waals surface area contributed by atoms with Crippen molar-refractivity contribution < 1.29 is 0 Å². The van der Waals surface area contributed by atoms with Crippen LogP contribution in [0.5, 0.6) is 0 Å². The first-order chi connectivity index (χ1) is 12.6. The van der Waals surface area contributed by atoms with E-state index in [2.05, 4.69) is 33.2 Å². The van der Waals surface area contributed by atoms with Crippen LogP contribution in [0.4, 0.5) is 23.1 Å². The molecule has 7 nitrogen and oxygen atoms in total. The molecule has 0 spiro atoms. The molecule has 0 radical (unpaired) electrons. The van der Waals surface area contributed by atoms with Gasteiger partial charge in [0.2, 0.25) is 5.95 Å². The number of aryl methyl sites for hydroxylation is 1. The maximum Gasteiger partial charge on any atom is 0.229 e. The molecular weight excluding hydrogens is 397 g/mol. The lowest BCUT2D eigenvalue weighted by molar-refractivity contribution is 0.503. The molecule has 0 amide bonds. The Bertz CT molecular complexity index is 822. The third-order valence-electron chi connectivity index (χ3n) is 4.39. The summed E-state index contributed by atoms with van der Waals surface area (Å²) < 4.78 is 0. The summed E-state index contributed by atoms with van der Waals surface area (Å²) in [5, 5.41) is 12.3. The van der Waals surface area contributed by atoms with Crippen molar-refractivity contribution in [3.63, 3.8) is 0 Å². The fourth-order valence-corrected chi connectivity index (χ4v) is 3.22. The van der Waals surface area contributed by atoms with Crippen LogP contribution in [-0.4, -0.2) is 29.1 Å². The first-order valence-corrected chi connectivity index (χ1v) is 9.03. The van der Waals surface area contributed by atoms with Gasteiger partial charge in [0.25, 0.3) is 0 Å². The quantitative estimate of drug-likeness (QED) is 0.630. The molecule has 28 heavy (non-hydrogen) atoms. The number of nitrogens with one attached hydrogen (secondary N) is 1. The normalized spacial score (nSPS) is 15.8. The molecule has 9 heteroatoms. The van der Waals surface area contributed by atoms with Gasteiger partial charge in [-0.2, -0.15) is 10.2 Å². The fourth-order valence-electron chi connectivity index (χ4n) is 3.22. The molecule has 1 fully saturated rings. The molecule has 0 bridgehead atoms. The van der Waals surface area contributed by atoms with Crippen LogP contribution in [0.15, 0.2) is 24.3 Å². The molecule has 3 rings (SSSR count). The first-order valence-electron chi connectivity index (χ1n) is 9.03. The van der Waals surface area contributed by atoms with Crippen molar-refractivity contribution in [1.29, 1.82) is 5.26 Å². The molecule has 1 aromatic heterocycles. The number of nitriles is 1. The highest BCUT2D eigenvalue weighted by Gasteiger charge is 2.19. The highest BCUT2D eigenvalue weighted by atomic mass is 35.5. The predicted molar refractivity (Wildman–Crippen MR) is 119 cm³/mol. The largest absolute Gasteiger partial charge is 0.399 e. The van der Waals surface area contributed by atoms with Gasteiger partial charge in [-0.15, -0.1) is 24.8 Å². The average Bonchev–Trinajstić information content (AvgIpc) is 2.61. The van der Waals surface area contributed by atoms with E-state index in [4.69, 9.17) is 16.7 Å². The summed E-state index contributed by atoms with van der Waals surface area (Å²) in [6.07, 6.45) is 4.00. The standard InChI is InChI=1S/C19H25N7.2ClH/c1-2-4-16-10-18(26-6-3-5-14(21)12-26)25-19(23-16)24-17-8-13(11-20)7-15(22)9-17;;/h7-10,14H,2-6,12,21-22H2,1H3,(H,23,24,25);2*1H/t14-;;/m1../s1. The monoisotopic (exact) mass is 423 g/mol. The van der Waals surface area contributed by atoms with Gasteiger partial charge in [-0.3, -0.25) is 0 Å². The zero-order chi connectivity index (χ0) is 18.5. The molecule has 152 valence electrons. The van der Waals surface area contributed by atoms with Gasteiger partial charge in [-0.05, 0) is 37.5 Å². The Labute approximate surface area is 178 Å². The van der Waals surface area contributed by atoms with Gasteiger partial charge >= 0.3 is 0 Å². The van der Waals surface area contributed by atoms with E-state index in [0.29, 0.717) is 22.9 Å². The van der Waals surface area contributed by atoms with Crippen molar-refractivity contribution in [3.8, 4) is 6.07 Å². The number of rotatable bonds is 5. The third-order valence-corrected chi connectivity index (χ3v) is 4.39. The molecule has 1 saturated heterocycles. The van der Waals surface area contributed by atoms with Crippen LogP contribution in [0.3, 0.4) is 0 Å². The van der Waals surface area contributed by atoms with Gasteiger partial charge < -0.3 is 21.7 Å². The van der Waals surface area contributed by atoms with Crippen LogP contribution in [0.1, 0.15) is 37.4 Å². The van der Waals surface area contributed by atoms with Crippen LogP contribution in [0.2, 0.25) is 0 Å². The molecule has 2 heterocycles. The molecule has 0 unspecified atom stereocenters. The fraction of sp³-hybridized carbons (Fsp3) is 0.421. The number of piperidine rings is 1. The van der Waals surface area contributed by atoms with Crippen LogP contribution in [0, 0.1) is 11.3 Å². The average molecular weight is 424 g/mol. The molecule has 1 aliphatic heterocycles. The Morgan fingerprint density at radius 1 is 1.25 bits per heavy atom. The number of nitrogens with two attached hydrogens (primary N) is 2. The summed E-state index contributed by atoms with van der Waals surface area (Å²) in [7, 11) is 0. The number of nitrogen functional groups attached to an aromatic ring is 1. The zero-order valence-electron chi connectivity index (χ0n) is 15.9. The Morgan fingerprint density at radius 2 is 2.04 bits per heavy atom. The van der Waals surface area contributed by atoms with E-state index >= 15 is 0 Å². The summed E-state index contributed by atoms with van der Waals surface area (Å²) in [4.78, 5) is 11.5. The van der Waals surface area contributed by atoms with E-state index in [1.54, 1.807) is 18.2 Å². The Balaban J connectivity index is 0.00000196. The highest BCUT2D eigenvalue weighted by Crippen LogP contribution is 2.23. The summed E-state index contributed by atoms with van der Waals surface area (Å²) in [5.74, 6) is 1.41. The van der Waals surface area contributed by atoms with Crippen LogP contribution in [0.25, 0.3) is 0 Å². The molecule has 5 N–H and O–H groups in total. The third kappa shape index (κ3) is 6.13. The topological polar surface area (TPSA) is 117 Å². The highest BCUT2D eigenvalue weighted by molar-refractivity contribution is 5.85. The maximum atomic E-state index is 9.12. The van der Waals surface area contributed by atoms with E-state index in [-0.39, 0.29) is 30.9 Å². The van der Waals surface area contributed by atoms with E-state index in [1.807, 2.05) is 6.07 Å². The first kappa shape index (κ1) is 23.8. The van der Waals surface area contributed by atoms with Crippen molar-refractivity contribution in [3.05, 3.63) is 35.5 Å². The number of hydrogen-bond donors (Lipinski definition) is 3. The van der Waals surface area contributed by atoms with E-state index < -0.39 is 0 Å². The number of halogens is 2. The minimum absolute atomic E-state index is 0. The number of hydrogen-bond acceptors (Lipinski definition) is 7. The molecule has 2 aromatic rings. The molecule has 0 aliphatic carbocycles. The lowest BCUT2D eigenvalue weighted by Gasteiger charge is -2.32. The number of aromatic nitrogens is 2. The van der Waals surface area contributed by atoms with Crippen LogP contribution >= 0.6 is 24.8 Å². The smallest absolute Gasteiger partial charge is 0.229 e. The second-order valence-electron chi connectivity index (χ2n) is 6.72. The van der Waals surface area contributed by atoms with Crippen molar-refractivity contribution in [2.24, 2.45) is 5.73 Å². The van der Waals surface area contributed by atoms with Gasteiger partial charge in [-0.25, -0.2) is 4.98 Å². The number of nitrogens with zero attached hydrogens (tertiary/aromatic N) is 4. The summed E-state index contributed by atoms with van der Waals surface area (Å²) in [5.41, 5.74) is 14.7. The number of anilines is 4. The Morgan fingerprint density at radius 3 is 2.71 bits per heavy atom. The molecule has 1 aliphatic rings. The van der Waals surface area contributed by atoms with E-state index in [0.717, 1.165) is 50.3 Å². The van der Waals surface area contributed by atoms with Crippen LogP contribution in [-0.2, 0) is 6.42 Å². The predicted octanol–water partition coefficient (Wildman–Crippen LogP) is 3.40. The Hall–Kier alpha value is -2.27. The van der Waals surface area contributed by atoms with Crippen molar-refractivity contribution in [2.75, 3.05) is 29.0 Å². The van der Waals surface area contributed by atoms with Crippen molar-refractivity contribution >= 4 is 48.0 Å². The second kappa shape index (κ2) is 10.9. The van der Waals surface area contributed by atoms with Crippen molar-refractivity contribution in [2.45, 2.75) is 38.6 Å². The van der Waals surface area contributed by atoms with Crippen LogP contribution < -0.4 is 21.7 Å². The van der Waals surface area contributed by atoms with Gasteiger partial charge in [0.05, 0.1) is 11.6 Å². The lowest BCUT2D eigenvalue weighted by atomic mass is 10.1. The summed E-state index contributed by atoms with van der Waals surface area (Å²) in [6, 6.07) is 9.49. The number of benzene rings is 1. The molecule has 1 aromatic carbocycles. The van der Waals surface area contributed by atoms with Gasteiger partial charge in [0.1, 0.15) is 5.82 Å². The molecular formula is C19H27Cl2N7. The van der Waals surface area contributed by atoms with E-state index in [1.165, 1.54) is 0 Å². The lowest BCUT2D eigenvalue weighted by Crippen LogP contribution is -2.43. The second-order valence-corrected chi connectivity index (χ2v) is 6.72. The van der Waals surface area contributed by atoms with Gasteiger partial charge in [0.15, 0.2) is 0 Å². The van der Waals surface area contributed by atoms with E-state index in [9.17, 15) is 0 Å². The van der Waals surface area contributed by atoms with Crippen molar-refractivity contribution in [1.82, 2.24) is 9.97 Å². The molecule has 1 atom stereocenters. The maximum absolute atomic E-state index is 9.12. The van der Waals surface area contributed by atoms with Gasteiger partial charge in [-0.1, -0.05) is 13.3 Å². The SMILES string of the molecule is CCCc1cc(N2CCC[C@@H](N)C2)nc(Nc2cc(N)cc(C#N)c2)n1.Cl.Cl. The summed E-state index contributed by atoms with van der Waals surface area (Å²) >= 11 is 0.